The van der Waals surface area contributed by atoms with Gasteiger partial charge in [-0.2, -0.15) is 0 Å². The van der Waals surface area contributed by atoms with Gasteiger partial charge in [0, 0.05) is 21.1 Å². The second kappa shape index (κ2) is 5.63. The van der Waals surface area contributed by atoms with E-state index >= 15 is 0 Å². The summed E-state index contributed by atoms with van der Waals surface area (Å²) < 4.78 is 14.8. The first kappa shape index (κ1) is 11.9. The van der Waals surface area contributed by atoms with Gasteiger partial charge in [-0.1, -0.05) is 44.0 Å². The number of rotatable bonds is 3. The molecule has 0 bridgehead atoms. The fourth-order valence-corrected chi connectivity index (χ4v) is 2.29. The summed E-state index contributed by atoms with van der Waals surface area (Å²) in [5, 5.41) is 8.56. The highest BCUT2D eigenvalue weighted by atomic mass is 79.9. The van der Waals surface area contributed by atoms with Crippen molar-refractivity contribution in [3.8, 4) is 0 Å². The van der Waals surface area contributed by atoms with Crippen molar-refractivity contribution in [1.29, 1.82) is 0 Å². The zero-order valence-electron chi connectivity index (χ0n) is 7.30. The fraction of sp³-hybridized carbons (Fsp3) is 0.200. The van der Waals surface area contributed by atoms with Gasteiger partial charge in [0.15, 0.2) is 0 Å². The topological polar surface area (TPSA) is 20.2 Å². The van der Waals surface area contributed by atoms with Crippen LogP contribution in [0.5, 0.6) is 0 Å². The monoisotopic (exact) mass is 322 g/mol. The summed E-state index contributed by atoms with van der Waals surface area (Å²) in [4.78, 5) is 0. The summed E-state index contributed by atoms with van der Waals surface area (Å²) in [5.74, 6) is -0.291. The van der Waals surface area contributed by atoms with Gasteiger partial charge >= 0.3 is 0 Å². The maximum Gasteiger partial charge on any atom is 0.132 e. The molecular formula is C10H9Br2FO. The first-order valence-corrected chi connectivity index (χ1v) is 5.65. The minimum atomic E-state index is -0.291. The van der Waals surface area contributed by atoms with E-state index in [1.165, 1.54) is 6.07 Å². The molecule has 1 aromatic carbocycles. The summed E-state index contributed by atoms with van der Waals surface area (Å²) in [6.45, 7) is 0.0757. The zero-order valence-corrected chi connectivity index (χ0v) is 10.5. The van der Waals surface area contributed by atoms with Crippen LogP contribution >= 0.6 is 31.9 Å². The third-order valence-corrected chi connectivity index (χ3v) is 2.74. The predicted octanol–water partition coefficient (Wildman–Crippen LogP) is 3.75. The van der Waals surface area contributed by atoms with Crippen LogP contribution in [0.4, 0.5) is 4.39 Å². The Hall–Kier alpha value is -0.190. The van der Waals surface area contributed by atoms with Crippen LogP contribution in [0.2, 0.25) is 0 Å². The molecule has 0 saturated carbocycles. The molecule has 0 aromatic heterocycles. The number of aliphatic hydroxyl groups is 1. The maximum absolute atomic E-state index is 13.4. The highest BCUT2D eigenvalue weighted by Crippen LogP contribution is 2.26. The van der Waals surface area contributed by atoms with E-state index in [0.29, 0.717) is 20.9 Å². The van der Waals surface area contributed by atoms with Gasteiger partial charge in [0.05, 0.1) is 0 Å². The summed E-state index contributed by atoms with van der Waals surface area (Å²) in [5.41, 5.74) is 0.502. The molecule has 1 N–H and O–H groups in total. The molecule has 0 heterocycles. The van der Waals surface area contributed by atoms with E-state index in [9.17, 15) is 4.39 Å². The number of hydrogen-bond donors (Lipinski definition) is 1. The van der Waals surface area contributed by atoms with Crippen molar-refractivity contribution >= 4 is 37.9 Å². The Morgan fingerprint density at radius 1 is 1.36 bits per heavy atom. The third kappa shape index (κ3) is 3.19. The lowest BCUT2D eigenvalue weighted by atomic mass is 10.2. The summed E-state index contributed by atoms with van der Waals surface area (Å²) >= 11 is 6.46. The first-order chi connectivity index (χ1) is 6.65. The Morgan fingerprint density at radius 3 is 2.64 bits per heavy atom. The molecule has 76 valence electrons. The Bertz CT molecular complexity index is 327. The smallest absolute Gasteiger partial charge is 0.132 e. The van der Waals surface area contributed by atoms with Crippen LogP contribution < -0.4 is 0 Å². The lowest BCUT2D eigenvalue weighted by Crippen LogP contribution is -1.85. The van der Waals surface area contributed by atoms with E-state index in [1.807, 2.05) is 0 Å². The second-order valence-corrected chi connectivity index (χ2v) is 4.47. The van der Waals surface area contributed by atoms with Crippen molar-refractivity contribution in [3.05, 3.63) is 38.5 Å². The minimum Gasteiger partial charge on any atom is -0.396 e. The number of aliphatic hydroxyl groups excluding tert-OH is 1. The van der Waals surface area contributed by atoms with Crippen LogP contribution in [0, 0.1) is 5.82 Å². The van der Waals surface area contributed by atoms with E-state index in [4.69, 9.17) is 5.11 Å². The van der Waals surface area contributed by atoms with Crippen LogP contribution in [0.1, 0.15) is 12.0 Å². The molecule has 1 nitrogen and oxygen atoms in total. The quantitative estimate of drug-likeness (QED) is 0.898. The number of halogens is 3. The lowest BCUT2D eigenvalue weighted by Gasteiger charge is -2.01. The SMILES string of the molecule is OCCC=Cc1c(F)cc(Br)cc1Br. The molecule has 0 amide bonds. The Morgan fingerprint density at radius 2 is 2.07 bits per heavy atom. The van der Waals surface area contributed by atoms with Gasteiger partial charge in [-0.3, -0.25) is 0 Å². The number of hydrogen-bond acceptors (Lipinski definition) is 1. The Kier molecular flexibility index (Phi) is 4.78. The average molecular weight is 324 g/mol. The molecular weight excluding hydrogens is 315 g/mol. The molecule has 0 spiro atoms. The molecule has 14 heavy (non-hydrogen) atoms. The molecule has 0 aliphatic carbocycles. The van der Waals surface area contributed by atoms with Gasteiger partial charge in [-0.15, -0.1) is 0 Å². The summed E-state index contributed by atoms with van der Waals surface area (Å²) in [6.07, 6.45) is 3.92. The van der Waals surface area contributed by atoms with E-state index in [0.717, 1.165) is 0 Å². The predicted molar refractivity (Wildman–Crippen MR) is 62.5 cm³/mol. The molecule has 0 atom stereocenters. The van der Waals surface area contributed by atoms with Crippen molar-refractivity contribution in [3.63, 3.8) is 0 Å². The normalized spacial score (nSPS) is 11.1. The standard InChI is InChI=1S/C10H9Br2FO/c11-7-5-9(12)8(10(13)6-7)3-1-2-4-14/h1,3,5-6,14H,2,4H2. The number of benzene rings is 1. The zero-order chi connectivity index (χ0) is 10.6. The molecule has 4 heteroatoms. The summed E-state index contributed by atoms with van der Waals surface area (Å²) in [6, 6.07) is 3.19. The second-order valence-electron chi connectivity index (χ2n) is 2.70. The van der Waals surface area contributed by atoms with E-state index in [-0.39, 0.29) is 12.4 Å². The average Bonchev–Trinajstić information content (AvgIpc) is 2.09. The molecule has 0 aliphatic rings. The van der Waals surface area contributed by atoms with Gasteiger partial charge in [0.25, 0.3) is 0 Å². The van der Waals surface area contributed by atoms with Crippen LogP contribution in [0.25, 0.3) is 6.08 Å². The van der Waals surface area contributed by atoms with Crippen molar-refractivity contribution in [2.45, 2.75) is 6.42 Å². The minimum absolute atomic E-state index is 0.0757. The van der Waals surface area contributed by atoms with Gasteiger partial charge < -0.3 is 5.11 Å². The first-order valence-electron chi connectivity index (χ1n) is 4.07. The Labute approximate surface area is 98.9 Å². The largest absolute Gasteiger partial charge is 0.396 e. The van der Waals surface area contributed by atoms with E-state index in [1.54, 1.807) is 18.2 Å². The fourth-order valence-electron chi connectivity index (χ4n) is 0.988. The van der Waals surface area contributed by atoms with Crippen molar-refractivity contribution in [2.24, 2.45) is 0 Å². The Balaban J connectivity index is 2.96. The van der Waals surface area contributed by atoms with E-state index < -0.39 is 0 Å². The molecule has 0 saturated heterocycles. The van der Waals surface area contributed by atoms with E-state index in [2.05, 4.69) is 31.9 Å². The van der Waals surface area contributed by atoms with Crippen LogP contribution in [0.3, 0.4) is 0 Å². The summed E-state index contributed by atoms with van der Waals surface area (Å²) in [7, 11) is 0. The third-order valence-electron chi connectivity index (χ3n) is 1.62. The van der Waals surface area contributed by atoms with Crippen molar-refractivity contribution in [1.82, 2.24) is 0 Å². The molecule has 0 unspecified atom stereocenters. The van der Waals surface area contributed by atoms with Crippen LogP contribution in [-0.2, 0) is 0 Å². The van der Waals surface area contributed by atoms with Crippen LogP contribution in [0.15, 0.2) is 27.2 Å². The maximum atomic E-state index is 13.4. The highest BCUT2D eigenvalue weighted by molar-refractivity contribution is 9.11. The molecule has 0 aliphatic heterocycles. The highest BCUT2D eigenvalue weighted by Gasteiger charge is 2.04. The lowest BCUT2D eigenvalue weighted by molar-refractivity contribution is 0.303. The van der Waals surface area contributed by atoms with Crippen LogP contribution in [-0.4, -0.2) is 11.7 Å². The van der Waals surface area contributed by atoms with Crippen molar-refractivity contribution < 1.29 is 9.50 Å². The molecule has 1 rings (SSSR count). The molecule has 0 radical (unpaired) electrons. The van der Waals surface area contributed by atoms with Gasteiger partial charge in [0.1, 0.15) is 5.82 Å². The molecule has 1 aromatic rings. The van der Waals surface area contributed by atoms with Gasteiger partial charge in [-0.25, -0.2) is 4.39 Å². The van der Waals surface area contributed by atoms with Gasteiger partial charge in [0.2, 0.25) is 0 Å². The molecule has 0 fully saturated rings. The van der Waals surface area contributed by atoms with Crippen molar-refractivity contribution in [2.75, 3.05) is 6.61 Å². The van der Waals surface area contributed by atoms with Gasteiger partial charge in [-0.05, 0) is 18.6 Å².